The fourth-order valence-corrected chi connectivity index (χ4v) is 7.56. The number of fused-ring (bicyclic) bond motifs is 2. The summed E-state index contributed by atoms with van der Waals surface area (Å²) >= 11 is 0. The third-order valence-corrected chi connectivity index (χ3v) is 11.4. The van der Waals surface area contributed by atoms with E-state index in [4.69, 9.17) is 14.2 Å². The molecule has 0 saturated carbocycles. The minimum Gasteiger partial charge on any atom is -0.490 e. The first-order valence-electron chi connectivity index (χ1n) is 18.8. The number of nitrogens with zero attached hydrogens (tertiary/aromatic N) is 3. The van der Waals surface area contributed by atoms with Crippen LogP contribution in [0.3, 0.4) is 0 Å². The van der Waals surface area contributed by atoms with E-state index in [1.807, 2.05) is 0 Å². The fraction of sp³-hybridized carbons (Fsp3) is 0.262. The van der Waals surface area contributed by atoms with Crippen LogP contribution in [0.25, 0.3) is 44.1 Å². The zero-order valence-electron chi connectivity index (χ0n) is 33.2. The Morgan fingerprint density at radius 3 is 1.51 bits per heavy atom. The zero-order valence-corrected chi connectivity index (χ0v) is 34.8. The monoisotopic (exact) mass is 919 g/mol. The molecule has 0 bridgehead atoms. The topological polar surface area (TPSA) is 161 Å². The maximum atomic E-state index is 13.4. The van der Waals surface area contributed by atoms with Crippen LogP contribution in [0.5, 0.6) is 23.0 Å². The highest BCUT2D eigenvalue weighted by atomic mass is 32.2. The van der Waals surface area contributed by atoms with E-state index in [-0.39, 0.29) is 52.0 Å². The van der Waals surface area contributed by atoms with Crippen molar-refractivity contribution in [1.29, 1.82) is 0 Å². The van der Waals surface area contributed by atoms with Gasteiger partial charge in [0, 0.05) is 53.7 Å². The molecule has 1 aliphatic rings. The Labute approximate surface area is 356 Å². The number of rotatable bonds is 10. The molecule has 3 heterocycles. The van der Waals surface area contributed by atoms with Crippen LogP contribution in [-0.4, -0.2) is 73.3 Å². The molecule has 1 fully saturated rings. The van der Waals surface area contributed by atoms with Crippen LogP contribution in [0.1, 0.15) is 33.6 Å². The number of ether oxygens (including phenoxy) is 3. The number of pyridine rings is 2. The first kappa shape index (κ1) is 44.7. The van der Waals surface area contributed by atoms with Gasteiger partial charge in [0.2, 0.25) is 0 Å². The van der Waals surface area contributed by atoms with Crippen molar-refractivity contribution < 1.29 is 70.5 Å². The highest BCUT2D eigenvalue weighted by Crippen LogP contribution is 2.42. The second-order valence-corrected chi connectivity index (χ2v) is 18.1. The van der Waals surface area contributed by atoms with Crippen LogP contribution < -0.4 is 17.8 Å². The Bertz CT molecular complexity index is 2890. The summed E-state index contributed by atoms with van der Waals surface area (Å²) in [5.74, 6) is -0.716. The number of likely N-dealkylation sites (tertiary alicyclic amines) is 1. The first-order chi connectivity index (χ1) is 29.5. The highest BCUT2D eigenvalue weighted by molar-refractivity contribution is 7.88. The van der Waals surface area contributed by atoms with Crippen molar-refractivity contribution in [3.8, 4) is 45.3 Å². The van der Waals surface area contributed by atoms with Gasteiger partial charge in [-0.1, -0.05) is 48.5 Å². The average Bonchev–Trinajstić information content (AvgIpc) is 3.20. The number of piperidine rings is 1. The summed E-state index contributed by atoms with van der Waals surface area (Å²) in [6.07, 6.45) is 0.731. The number of carbonyl (C=O) groups is 1. The molecule has 0 aliphatic carbocycles. The van der Waals surface area contributed by atoms with Gasteiger partial charge >= 0.3 is 37.3 Å². The van der Waals surface area contributed by atoms with E-state index in [0.717, 1.165) is 0 Å². The second-order valence-electron chi connectivity index (χ2n) is 15.1. The molecule has 21 heteroatoms. The standard InChI is InChI=1S/C42H35F6N3O10S2/c1-40(2,3)59-39(52)51-23-20-31(57-29-14-8-25(9-15-29)32-18-12-27-6-4-21-49-35(27)37(32)60-62(53,54)41(43,44)45)24-34(51)58-30-16-10-26(11-17-30)33-19-13-28-7-5-22-50-36(28)38(33)61-63(55,56)42(46,47)48/h4-19,21-22,31,34H,20,23-24H2,1-3H3. The smallest absolute Gasteiger partial charge is 0.490 e. The number of carbonyl (C=O) groups excluding carboxylic acids is 1. The lowest BCUT2D eigenvalue weighted by atomic mass is 10.0. The Kier molecular flexibility index (Phi) is 11.9. The van der Waals surface area contributed by atoms with Crippen molar-refractivity contribution >= 4 is 48.1 Å². The predicted octanol–water partition coefficient (Wildman–Crippen LogP) is 9.76. The molecule has 6 aromatic rings. The molecule has 2 unspecified atom stereocenters. The van der Waals surface area contributed by atoms with Crippen LogP contribution in [0.15, 0.2) is 109 Å². The third-order valence-electron chi connectivity index (χ3n) is 9.45. The van der Waals surface area contributed by atoms with Crippen LogP contribution in [0.4, 0.5) is 31.1 Å². The maximum Gasteiger partial charge on any atom is 0.534 e. The minimum atomic E-state index is -6.08. The van der Waals surface area contributed by atoms with Gasteiger partial charge in [-0.2, -0.15) is 43.2 Å². The maximum absolute atomic E-state index is 13.4. The Morgan fingerprint density at radius 2 is 1.08 bits per heavy atom. The number of hydrogen-bond acceptors (Lipinski definition) is 12. The SMILES string of the molecule is CC(C)(C)OC(=O)N1CCC(Oc2ccc(-c3ccc4cccnc4c3OS(=O)(=O)C(F)(F)F)cc2)CC1Oc1ccc(-c2ccc3cccnc3c2OS(=O)(=O)C(F)(F)F)cc1. The van der Waals surface area contributed by atoms with E-state index in [0.29, 0.717) is 22.9 Å². The highest BCUT2D eigenvalue weighted by Gasteiger charge is 2.50. The Balaban J connectivity index is 1.13. The minimum absolute atomic E-state index is 0.0121. The van der Waals surface area contributed by atoms with E-state index >= 15 is 0 Å². The van der Waals surface area contributed by atoms with Gasteiger partial charge in [-0.3, -0.25) is 14.9 Å². The molecule has 332 valence electrons. The van der Waals surface area contributed by atoms with Gasteiger partial charge in [0.25, 0.3) is 0 Å². The number of aromatic nitrogens is 2. The lowest BCUT2D eigenvalue weighted by Crippen LogP contribution is -2.52. The molecule has 4 aromatic carbocycles. The summed E-state index contributed by atoms with van der Waals surface area (Å²) in [6, 6.07) is 23.9. The van der Waals surface area contributed by atoms with Gasteiger partial charge < -0.3 is 22.6 Å². The number of benzene rings is 4. The second kappa shape index (κ2) is 16.7. The van der Waals surface area contributed by atoms with Crippen molar-refractivity contribution in [3.05, 3.63) is 109 Å². The molecule has 1 saturated heterocycles. The number of hydrogen-bond donors (Lipinski definition) is 0. The molecule has 63 heavy (non-hydrogen) atoms. The first-order valence-corrected chi connectivity index (χ1v) is 21.6. The summed E-state index contributed by atoms with van der Waals surface area (Å²) in [4.78, 5) is 22.9. The molecular formula is C42H35F6N3O10S2. The van der Waals surface area contributed by atoms with Crippen LogP contribution in [0.2, 0.25) is 0 Å². The van der Waals surface area contributed by atoms with Crippen molar-refractivity contribution in [2.24, 2.45) is 0 Å². The van der Waals surface area contributed by atoms with Gasteiger partial charge in [-0.25, -0.2) is 4.79 Å². The Morgan fingerprint density at radius 1 is 0.635 bits per heavy atom. The van der Waals surface area contributed by atoms with Gasteiger partial charge in [-0.15, -0.1) is 0 Å². The summed E-state index contributed by atoms with van der Waals surface area (Å²) in [5.41, 5.74) is -12.0. The van der Waals surface area contributed by atoms with Crippen molar-refractivity contribution in [2.75, 3.05) is 6.54 Å². The fourth-order valence-electron chi connectivity index (χ4n) is 6.59. The third kappa shape index (κ3) is 9.83. The average molecular weight is 920 g/mol. The summed E-state index contributed by atoms with van der Waals surface area (Å²) < 4.78 is 156. The largest absolute Gasteiger partial charge is 0.534 e. The normalized spacial score (nSPS) is 16.4. The van der Waals surface area contributed by atoms with E-state index in [2.05, 4.69) is 18.3 Å². The zero-order chi connectivity index (χ0) is 45.5. The van der Waals surface area contributed by atoms with E-state index in [1.54, 1.807) is 32.9 Å². The molecule has 2 atom stereocenters. The van der Waals surface area contributed by atoms with E-state index in [9.17, 15) is 48.0 Å². The molecule has 0 radical (unpaired) electrons. The van der Waals surface area contributed by atoms with Crippen LogP contribution in [0, 0.1) is 0 Å². The van der Waals surface area contributed by atoms with Gasteiger partial charge in [0.05, 0.1) is 0 Å². The van der Waals surface area contributed by atoms with E-state index < -0.39 is 66.8 Å². The summed E-state index contributed by atoms with van der Waals surface area (Å²) in [6.45, 7) is 5.19. The molecule has 0 N–H and O–H groups in total. The van der Waals surface area contributed by atoms with Crippen molar-refractivity contribution in [3.63, 3.8) is 0 Å². The lowest BCUT2D eigenvalue weighted by molar-refractivity contribution is -0.0570. The van der Waals surface area contributed by atoms with Crippen LogP contribution in [-0.2, 0) is 25.0 Å². The molecule has 1 amide bonds. The molecular weight excluding hydrogens is 885 g/mol. The number of halogens is 6. The molecule has 0 spiro atoms. The summed E-state index contributed by atoms with van der Waals surface area (Å²) in [5, 5.41) is 0.659. The van der Waals surface area contributed by atoms with Gasteiger partial charge in [0.15, 0.2) is 17.7 Å². The van der Waals surface area contributed by atoms with Crippen molar-refractivity contribution in [2.45, 2.75) is 62.6 Å². The van der Waals surface area contributed by atoms with E-state index in [1.165, 1.54) is 102 Å². The van der Waals surface area contributed by atoms with Crippen LogP contribution >= 0.6 is 0 Å². The summed E-state index contributed by atoms with van der Waals surface area (Å²) in [7, 11) is -12.1. The van der Waals surface area contributed by atoms with Crippen molar-refractivity contribution in [1.82, 2.24) is 14.9 Å². The lowest BCUT2D eigenvalue weighted by Gasteiger charge is -2.39. The van der Waals surface area contributed by atoms with Gasteiger partial charge in [-0.05, 0) is 80.4 Å². The quantitative estimate of drug-likeness (QED) is 0.0728. The number of amides is 1. The number of alkyl halides is 6. The predicted molar refractivity (Wildman–Crippen MR) is 217 cm³/mol. The van der Waals surface area contributed by atoms with Gasteiger partial charge in [0.1, 0.15) is 34.2 Å². The molecule has 2 aromatic heterocycles. The molecule has 7 rings (SSSR count). The molecule has 13 nitrogen and oxygen atoms in total. The Hall–Kier alpha value is -6.35. The molecule has 1 aliphatic heterocycles.